The highest BCUT2D eigenvalue weighted by Crippen LogP contribution is 2.23. The summed E-state index contributed by atoms with van der Waals surface area (Å²) in [6.07, 6.45) is 2.73. The molecule has 0 spiro atoms. The molecule has 0 fully saturated rings. The lowest BCUT2D eigenvalue weighted by atomic mass is 10.1. The average Bonchev–Trinajstić information content (AvgIpc) is 2.90. The molecule has 0 aliphatic rings. The van der Waals surface area contributed by atoms with Gasteiger partial charge in [-0.15, -0.1) is 0 Å². The van der Waals surface area contributed by atoms with Crippen molar-refractivity contribution in [1.82, 2.24) is 10.2 Å². The standard InChI is InChI=1S/C28H41N3O6S/c1-7-21(3)29-28(33)26(8-2)30(20-22-11-9-12-25(19-22)37-5)27(32)13-10-18-31(38(6,34)35)23-14-16-24(36-4)17-15-23/h9,11-12,14-17,19,21,26H,7-8,10,13,18,20H2,1-6H3,(H,29,33)/t21-,26+/m1/s1. The summed E-state index contributed by atoms with van der Waals surface area (Å²) >= 11 is 0. The first kappa shape index (κ1) is 31.0. The minimum Gasteiger partial charge on any atom is -0.497 e. The van der Waals surface area contributed by atoms with Crippen molar-refractivity contribution in [3.63, 3.8) is 0 Å². The molecule has 0 radical (unpaired) electrons. The van der Waals surface area contributed by atoms with Crippen molar-refractivity contribution in [2.24, 2.45) is 0 Å². The van der Waals surface area contributed by atoms with Crippen LogP contribution in [0.3, 0.4) is 0 Å². The fourth-order valence-corrected chi connectivity index (χ4v) is 5.05. The quantitative estimate of drug-likeness (QED) is 0.362. The van der Waals surface area contributed by atoms with Gasteiger partial charge in [-0.05, 0) is 68.1 Å². The van der Waals surface area contributed by atoms with Crippen molar-refractivity contribution in [1.29, 1.82) is 0 Å². The fraction of sp³-hybridized carbons (Fsp3) is 0.500. The van der Waals surface area contributed by atoms with E-state index in [1.165, 1.54) is 4.31 Å². The largest absolute Gasteiger partial charge is 0.497 e. The number of carbonyl (C=O) groups is 2. The number of hydrogen-bond acceptors (Lipinski definition) is 6. The molecule has 2 aromatic carbocycles. The average molecular weight is 548 g/mol. The molecule has 0 saturated carbocycles. The van der Waals surface area contributed by atoms with Crippen molar-refractivity contribution < 1.29 is 27.5 Å². The predicted octanol–water partition coefficient (Wildman–Crippen LogP) is 3.97. The summed E-state index contributed by atoms with van der Waals surface area (Å²) in [4.78, 5) is 28.3. The number of ether oxygens (including phenoxy) is 2. The van der Waals surface area contributed by atoms with Gasteiger partial charge in [-0.2, -0.15) is 0 Å². The van der Waals surface area contributed by atoms with Crippen LogP contribution in [0.15, 0.2) is 48.5 Å². The van der Waals surface area contributed by atoms with Gasteiger partial charge in [0.15, 0.2) is 0 Å². The lowest BCUT2D eigenvalue weighted by Crippen LogP contribution is -2.50. The molecule has 0 saturated heterocycles. The SMILES string of the molecule is CC[C@@H](C)NC(=O)[C@H](CC)N(Cc1cccc(OC)c1)C(=O)CCCN(c1ccc(OC)cc1)S(C)(=O)=O. The number of carbonyl (C=O) groups excluding carboxylic acids is 2. The van der Waals surface area contributed by atoms with Gasteiger partial charge >= 0.3 is 0 Å². The molecule has 0 bridgehead atoms. The maximum absolute atomic E-state index is 13.5. The van der Waals surface area contributed by atoms with Gasteiger partial charge in [0.05, 0.1) is 26.2 Å². The first-order valence-corrected chi connectivity index (χ1v) is 14.7. The molecule has 2 rings (SSSR count). The van der Waals surface area contributed by atoms with Crippen LogP contribution >= 0.6 is 0 Å². The van der Waals surface area contributed by atoms with Gasteiger partial charge in [0.25, 0.3) is 0 Å². The number of amides is 2. The second kappa shape index (κ2) is 14.6. The second-order valence-electron chi connectivity index (χ2n) is 9.25. The first-order valence-electron chi connectivity index (χ1n) is 12.9. The molecule has 0 aliphatic carbocycles. The van der Waals surface area contributed by atoms with E-state index in [4.69, 9.17) is 9.47 Å². The molecule has 10 heteroatoms. The number of anilines is 1. The monoisotopic (exact) mass is 547 g/mol. The maximum atomic E-state index is 13.5. The Labute approximate surface area is 227 Å². The summed E-state index contributed by atoms with van der Waals surface area (Å²) in [6.45, 7) is 6.15. The van der Waals surface area contributed by atoms with Gasteiger partial charge in [-0.3, -0.25) is 13.9 Å². The summed E-state index contributed by atoms with van der Waals surface area (Å²) in [5, 5.41) is 2.99. The molecular weight excluding hydrogens is 506 g/mol. The van der Waals surface area contributed by atoms with Crippen molar-refractivity contribution in [3.8, 4) is 11.5 Å². The smallest absolute Gasteiger partial charge is 0.243 e. The lowest BCUT2D eigenvalue weighted by molar-refractivity contribution is -0.141. The predicted molar refractivity (Wildman–Crippen MR) is 150 cm³/mol. The van der Waals surface area contributed by atoms with Gasteiger partial charge in [-0.25, -0.2) is 8.42 Å². The van der Waals surface area contributed by atoms with Crippen LogP contribution in [-0.2, 0) is 26.2 Å². The Hall–Kier alpha value is -3.27. The van der Waals surface area contributed by atoms with E-state index in [0.29, 0.717) is 23.6 Å². The van der Waals surface area contributed by atoms with Crippen molar-refractivity contribution in [2.45, 2.75) is 65.1 Å². The first-order chi connectivity index (χ1) is 18.0. The van der Waals surface area contributed by atoms with Crippen LogP contribution in [0, 0.1) is 0 Å². The van der Waals surface area contributed by atoms with Crippen LogP contribution < -0.4 is 19.1 Å². The zero-order valence-electron chi connectivity index (χ0n) is 23.3. The molecule has 2 aromatic rings. The Morgan fingerprint density at radius 2 is 1.63 bits per heavy atom. The van der Waals surface area contributed by atoms with E-state index >= 15 is 0 Å². The van der Waals surface area contributed by atoms with Crippen molar-refractivity contribution >= 4 is 27.5 Å². The molecule has 38 heavy (non-hydrogen) atoms. The van der Waals surface area contributed by atoms with Gasteiger partial charge in [0, 0.05) is 25.6 Å². The number of rotatable bonds is 15. The molecular formula is C28H41N3O6S. The van der Waals surface area contributed by atoms with Crippen molar-refractivity contribution in [2.75, 3.05) is 31.3 Å². The van der Waals surface area contributed by atoms with Crippen LogP contribution in [0.5, 0.6) is 11.5 Å². The molecule has 0 aromatic heterocycles. The summed E-state index contributed by atoms with van der Waals surface area (Å²) in [6, 6.07) is 13.4. The third-order valence-corrected chi connectivity index (χ3v) is 7.58. The van der Waals surface area contributed by atoms with Crippen molar-refractivity contribution in [3.05, 3.63) is 54.1 Å². The number of hydrogen-bond donors (Lipinski definition) is 1. The Bertz CT molecular complexity index is 1150. The number of nitrogens with zero attached hydrogens (tertiary/aromatic N) is 2. The lowest BCUT2D eigenvalue weighted by Gasteiger charge is -2.32. The van der Waals surface area contributed by atoms with E-state index in [0.717, 1.165) is 18.2 Å². The third kappa shape index (κ3) is 8.93. The van der Waals surface area contributed by atoms with E-state index in [2.05, 4.69) is 5.32 Å². The molecule has 210 valence electrons. The third-order valence-electron chi connectivity index (χ3n) is 6.39. The summed E-state index contributed by atoms with van der Waals surface area (Å²) in [5.74, 6) is 0.860. The van der Waals surface area contributed by atoms with E-state index < -0.39 is 16.1 Å². The van der Waals surface area contributed by atoms with E-state index in [9.17, 15) is 18.0 Å². The van der Waals surface area contributed by atoms with Gasteiger partial charge in [-0.1, -0.05) is 26.0 Å². The minimum atomic E-state index is -3.57. The van der Waals surface area contributed by atoms with Gasteiger partial charge < -0.3 is 19.7 Å². The van der Waals surface area contributed by atoms with Crippen LogP contribution in [-0.4, -0.2) is 64.2 Å². The van der Waals surface area contributed by atoms with E-state index in [1.807, 2.05) is 45.0 Å². The topological polar surface area (TPSA) is 105 Å². The zero-order valence-corrected chi connectivity index (χ0v) is 24.1. The van der Waals surface area contributed by atoms with E-state index in [-0.39, 0.29) is 43.8 Å². The van der Waals surface area contributed by atoms with Crippen LogP contribution in [0.1, 0.15) is 52.0 Å². The summed E-state index contributed by atoms with van der Waals surface area (Å²) in [5.41, 5.74) is 1.33. The highest BCUT2D eigenvalue weighted by atomic mass is 32.2. The zero-order chi connectivity index (χ0) is 28.3. The molecule has 2 atom stereocenters. The van der Waals surface area contributed by atoms with Crippen LogP contribution in [0.2, 0.25) is 0 Å². The highest BCUT2D eigenvalue weighted by molar-refractivity contribution is 7.92. The second-order valence-corrected chi connectivity index (χ2v) is 11.2. The normalized spacial score (nSPS) is 12.8. The summed E-state index contributed by atoms with van der Waals surface area (Å²) < 4.78 is 36.8. The Morgan fingerprint density at radius 3 is 2.18 bits per heavy atom. The number of nitrogens with one attached hydrogen (secondary N) is 1. The molecule has 0 aliphatic heterocycles. The molecule has 2 amide bonds. The molecule has 9 nitrogen and oxygen atoms in total. The maximum Gasteiger partial charge on any atom is 0.243 e. The van der Waals surface area contributed by atoms with Gasteiger partial charge in [0.2, 0.25) is 21.8 Å². The molecule has 0 unspecified atom stereocenters. The van der Waals surface area contributed by atoms with Crippen LogP contribution in [0.25, 0.3) is 0 Å². The van der Waals surface area contributed by atoms with E-state index in [1.54, 1.807) is 43.4 Å². The van der Waals surface area contributed by atoms with Gasteiger partial charge in [0.1, 0.15) is 17.5 Å². The molecule has 1 N–H and O–H groups in total. The highest BCUT2D eigenvalue weighted by Gasteiger charge is 2.29. The Balaban J connectivity index is 2.24. The summed E-state index contributed by atoms with van der Waals surface area (Å²) in [7, 11) is -0.456. The Kier molecular flexibility index (Phi) is 11.9. The molecule has 0 heterocycles. The number of methoxy groups -OCH3 is 2. The van der Waals surface area contributed by atoms with Crippen LogP contribution in [0.4, 0.5) is 5.69 Å². The minimum absolute atomic E-state index is 0.0156. The Morgan fingerprint density at radius 1 is 0.974 bits per heavy atom. The number of sulfonamides is 1. The fourth-order valence-electron chi connectivity index (χ4n) is 4.08. The number of benzene rings is 2.